The molecule has 0 aliphatic heterocycles. The third kappa shape index (κ3) is 4.18. The van der Waals surface area contributed by atoms with Crippen LogP contribution in [-0.4, -0.2) is 20.6 Å². The first-order chi connectivity index (χ1) is 14.2. The Hall–Kier alpha value is -3.26. The molecule has 0 unspecified atom stereocenters. The highest BCUT2D eigenvalue weighted by atomic mass is 35.5. The van der Waals surface area contributed by atoms with Gasteiger partial charge in [-0.3, -0.25) is 9.59 Å². The third-order valence-electron chi connectivity index (χ3n) is 4.35. The van der Waals surface area contributed by atoms with E-state index in [0.29, 0.717) is 18.7 Å². The summed E-state index contributed by atoms with van der Waals surface area (Å²) in [5.74, 6) is -3.28. The molecule has 0 atom stereocenters. The number of nitrogens with zero attached hydrogens (tertiary/aromatic N) is 2. The second-order valence-corrected chi connectivity index (χ2v) is 7.04. The van der Waals surface area contributed by atoms with Crippen LogP contribution in [0.15, 0.2) is 41.3 Å². The van der Waals surface area contributed by atoms with Crippen molar-refractivity contribution < 1.29 is 18.7 Å². The van der Waals surface area contributed by atoms with E-state index in [-0.39, 0.29) is 22.0 Å². The molecule has 30 heavy (non-hydrogen) atoms. The molecule has 0 spiro atoms. The van der Waals surface area contributed by atoms with Gasteiger partial charge in [-0.2, -0.15) is 0 Å². The van der Waals surface area contributed by atoms with Crippen LogP contribution in [-0.2, 0) is 6.54 Å². The van der Waals surface area contributed by atoms with Gasteiger partial charge in [0.25, 0.3) is 11.5 Å². The van der Waals surface area contributed by atoms with E-state index in [1.54, 1.807) is 13.1 Å². The number of amides is 1. The van der Waals surface area contributed by atoms with Gasteiger partial charge in [0.1, 0.15) is 23.1 Å². The monoisotopic (exact) mass is 433 g/mol. The Kier molecular flexibility index (Phi) is 6.17. The average Bonchev–Trinajstić information content (AvgIpc) is 2.69. The third-order valence-corrected chi connectivity index (χ3v) is 4.66. The van der Waals surface area contributed by atoms with Crippen molar-refractivity contribution in [2.45, 2.75) is 26.8 Å². The zero-order valence-electron chi connectivity index (χ0n) is 16.2. The van der Waals surface area contributed by atoms with E-state index in [2.05, 4.69) is 10.3 Å². The second kappa shape index (κ2) is 8.62. The molecule has 0 bridgehead atoms. The predicted molar refractivity (Wildman–Crippen MR) is 110 cm³/mol. The van der Waals surface area contributed by atoms with Gasteiger partial charge in [0, 0.05) is 18.3 Å². The number of aromatic hydroxyl groups is 1. The number of hydrogen-bond donors (Lipinski definition) is 2. The Morgan fingerprint density at radius 1 is 1.27 bits per heavy atom. The van der Waals surface area contributed by atoms with E-state index in [1.165, 1.54) is 16.7 Å². The van der Waals surface area contributed by atoms with Gasteiger partial charge in [-0.15, -0.1) is 0 Å². The van der Waals surface area contributed by atoms with Crippen LogP contribution in [0.4, 0.5) is 14.5 Å². The van der Waals surface area contributed by atoms with Gasteiger partial charge in [-0.1, -0.05) is 24.6 Å². The molecule has 0 aliphatic rings. The van der Waals surface area contributed by atoms with Crippen LogP contribution in [0.25, 0.3) is 11.3 Å². The van der Waals surface area contributed by atoms with E-state index in [9.17, 15) is 23.5 Å². The predicted octanol–water partition coefficient (Wildman–Crippen LogP) is 4.52. The molecule has 0 radical (unpaired) electrons. The minimum absolute atomic E-state index is 0.0552. The Bertz CT molecular complexity index is 1170. The Balaban J connectivity index is 2.03. The highest BCUT2D eigenvalue weighted by Crippen LogP contribution is 2.30. The first-order valence-corrected chi connectivity index (χ1v) is 9.47. The number of benzene rings is 2. The summed E-state index contributed by atoms with van der Waals surface area (Å²) in [7, 11) is 0. The molecule has 3 rings (SSSR count). The van der Waals surface area contributed by atoms with Crippen molar-refractivity contribution in [3.63, 3.8) is 0 Å². The summed E-state index contributed by atoms with van der Waals surface area (Å²) in [5, 5.41) is 12.5. The van der Waals surface area contributed by atoms with Gasteiger partial charge >= 0.3 is 0 Å². The first kappa shape index (κ1) is 21.4. The van der Waals surface area contributed by atoms with Gasteiger partial charge < -0.3 is 15.0 Å². The molecular formula is C21H18ClF2N3O3. The lowest BCUT2D eigenvalue weighted by Crippen LogP contribution is -2.24. The number of hydrogen-bond acceptors (Lipinski definition) is 4. The van der Waals surface area contributed by atoms with Crippen LogP contribution in [0, 0.1) is 18.6 Å². The van der Waals surface area contributed by atoms with Crippen molar-refractivity contribution in [3.8, 4) is 17.0 Å². The maximum atomic E-state index is 14.8. The fourth-order valence-corrected chi connectivity index (χ4v) is 3.19. The summed E-state index contributed by atoms with van der Waals surface area (Å²) < 4.78 is 30.1. The Morgan fingerprint density at radius 2 is 2.00 bits per heavy atom. The molecule has 156 valence electrons. The normalized spacial score (nSPS) is 10.8. The molecule has 3 aromatic rings. The van der Waals surface area contributed by atoms with Gasteiger partial charge in [-0.05, 0) is 37.6 Å². The lowest BCUT2D eigenvalue weighted by atomic mass is 10.1. The average molecular weight is 434 g/mol. The summed E-state index contributed by atoms with van der Waals surface area (Å²) in [4.78, 5) is 29.2. The highest BCUT2D eigenvalue weighted by Gasteiger charge is 2.21. The zero-order chi connectivity index (χ0) is 22.0. The molecule has 0 fully saturated rings. The van der Waals surface area contributed by atoms with Crippen molar-refractivity contribution in [2.24, 2.45) is 0 Å². The number of para-hydroxylation sites is 1. The smallest absolute Gasteiger partial charge is 0.277 e. The number of carbonyl (C=O) groups excluding carboxylic acids is 1. The molecule has 0 aliphatic carbocycles. The van der Waals surface area contributed by atoms with Gasteiger partial charge in [0.2, 0.25) is 0 Å². The standard InChI is InChI=1S/C21H18ClF2N3O3/c1-3-7-27-10-11(2)25-18(21(27)30)12-9-17(28)13(8-16(12)24)20(29)26-19-14(22)5-4-6-15(19)23/h4-6,8-10,28H,3,7H2,1-2H3,(H,26,29). The quantitative estimate of drug-likeness (QED) is 0.619. The van der Waals surface area contributed by atoms with E-state index < -0.39 is 34.4 Å². The number of aryl methyl sites for hydroxylation is 2. The number of phenolic OH excluding ortho intramolecular Hbond substituents is 1. The van der Waals surface area contributed by atoms with Crippen LogP contribution in [0.3, 0.4) is 0 Å². The van der Waals surface area contributed by atoms with Crippen LogP contribution >= 0.6 is 11.6 Å². The number of rotatable bonds is 5. The summed E-state index contributed by atoms with van der Waals surface area (Å²) in [5.41, 5.74) is -1.19. The molecule has 2 aromatic carbocycles. The summed E-state index contributed by atoms with van der Waals surface area (Å²) in [6.45, 7) is 3.98. The molecule has 1 aromatic heterocycles. The number of anilines is 1. The molecular weight excluding hydrogens is 416 g/mol. The Labute approximate surface area is 175 Å². The van der Waals surface area contributed by atoms with E-state index >= 15 is 0 Å². The molecule has 6 nitrogen and oxygen atoms in total. The lowest BCUT2D eigenvalue weighted by molar-refractivity contribution is 0.102. The van der Waals surface area contributed by atoms with Gasteiger partial charge in [-0.25, -0.2) is 13.8 Å². The molecule has 0 saturated carbocycles. The number of carbonyl (C=O) groups is 1. The summed E-state index contributed by atoms with van der Waals surface area (Å²) in [6.07, 6.45) is 2.25. The minimum atomic E-state index is -0.967. The van der Waals surface area contributed by atoms with Crippen molar-refractivity contribution in [3.05, 3.63) is 74.8 Å². The molecule has 1 amide bonds. The minimum Gasteiger partial charge on any atom is -0.507 e. The maximum absolute atomic E-state index is 14.8. The fourth-order valence-electron chi connectivity index (χ4n) is 2.98. The van der Waals surface area contributed by atoms with Crippen LogP contribution in [0.5, 0.6) is 5.75 Å². The van der Waals surface area contributed by atoms with E-state index in [0.717, 1.165) is 18.2 Å². The lowest BCUT2D eigenvalue weighted by Gasteiger charge is -2.12. The Morgan fingerprint density at radius 3 is 2.67 bits per heavy atom. The first-order valence-electron chi connectivity index (χ1n) is 9.09. The van der Waals surface area contributed by atoms with Crippen molar-refractivity contribution >= 4 is 23.2 Å². The van der Waals surface area contributed by atoms with Gasteiger partial charge in [0.05, 0.1) is 22.0 Å². The maximum Gasteiger partial charge on any atom is 0.277 e. The molecule has 2 N–H and O–H groups in total. The summed E-state index contributed by atoms with van der Waals surface area (Å²) in [6, 6.07) is 5.54. The molecule has 9 heteroatoms. The largest absolute Gasteiger partial charge is 0.507 e. The number of phenols is 1. The highest BCUT2D eigenvalue weighted by molar-refractivity contribution is 6.34. The van der Waals surface area contributed by atoms with Crippen LogP contribution in [0.2, 0.25) is 5.02 Å². The number of nitrogens with one attached hydrogen (secondary N) is 1. The zero-order valence-corrected chi connectivity index (χ0v) is 16.9. The van der Waals surface area contributed by atoms with Crippen molar-refractivity contribution in [2.75, 3.05) is 5.32 Å². The molecule has 1 heterocycles. The van der Waals surface area contributed by atoms with Crippen LogP contribution in [0.1, 0.15) is 29.4 Å². The van der Waals surface area contributed by atoms with Crippen LogP contribution < -0.4 is 10.9 Å². The molecule has 0 saturated heterocycles. The second-order valence-electron chi connectivity index (χ2n) is 6.63. The number of halogens is 3. The topological polar surface area (TPSA) is 84.2 Å². The SMILES string of the molecule is CCCn1cc(C)nc(-c2cc(O)c(C(=O)Nc3c(F)cccc3Cl)cc2F)c1=O. The van der Waals surface area contributed by atoms with Gasteiger partial charge in [0.15, 0.2) is 0 Å². The number of aromatic nitrogens is 2. The van der Waals surface area contributed by atoms with E-state index in [4.69, 9.17) is 11.6 Å². The van der Waals surface area contributed by atoms with Crippen molar-refractivity contribution in [1.82, 2.24) is 9.55 Å². The fraction of sp³-hybridized carbons (Fsp3) is 0.190. The van der Waals surface area contributed by atoms with E-state index in [1.807, 2.05) is 6.92 Å². The summed E-state index contributed by atoms with van der Waals surface area (Å²) >= 11 is 5.87. The van der Waals surface area contributed by atoms with Crippen molar-refractivity contribution in [1.29, 1.82) is 0 Å².